The molecule has 0 saturated carbocycles. The summed E-state index contributed by atoms with van der Waals surface area (Å²) in [6.07, 6.45) is -16.2. The van der Waals surface area contributed by atoms with E-state index in [0.717, 1.165) is 0 Å². The lowest BCUT2D eigenvalue weighted by atomic mass is 10.0. The van der Waals surface area contributed by atoms with Crippen molar-refractivity contribution < 1.29 is 59.2 Å². The van der Waals surface area contributed by atoms with Crippen molar-refractivity contribution in [3.8, 4) is 0 Å². The molecular weight excluding hydrogens is 342 g/mol. The van der Waals surface area contributed by atoms with Gasteiger partial charge in [-0.25, -0.2) is 8.78 Å². The van der Waals surface area contributed by atoms with Crippen LogP contribution in [0.25, 0.3) is 0 Å². The Hall–Kier alpha value is -0.830. The number of rotatable bonds is 6. The fourth-order valence-corrected chi connectivity index (χ4v) is 1.67. The van der Waals surface area contributed by atoms with Crippen LogP contribution in [-0.2, 0) is 9.53 Å². The third-order valence-electron chi connectivity index (χ3n) is 3.21. The third kappa shape index (κ3) is 6.23. The van der Waals surface area contributed by atoms with Crippen LogP contribution < -0.4 is 0 Å². The molecule has 1 saturated heterocycles. The van der Waals surface area contributed by atoms with Crippen LogP contribution in [0.15, 0.2) is 0 Å². The van der Waals surface area contributed by atoms with Gasteiger partial charge in [0.15, 0.2) is 24.9 Å². The van der Waals surface area contributed by atoms with Crippen LogP contribution in [0.2, 0.25) is 0 Å². The second-order valence-electron chi connectivity index (χ2n) is 4.98. The molecule has 1 heterocycles. The maximum atomic E-state index is 12.7. The summed E-state index contributed by atoms with van der Waals surface area (Å²) in [5.41, 5.74) is 0. The molecule has 0 aromatic rings. The van der Waals surface area contributed by atoms with Gasteiger partial charge >= 0.3 is 0 Å². The van der Waals surface area contributed by atoms with Crippen molar-refractivity contribution >= 4 is 6.29 Å². The molecule has 1 unspecified atom stereocenters. The van der Waals surface area contributed by atoms with Gasteiger partial charge in [-0.15, -0.1) is 0 Å². The van der Waals surface area contributed by atoms with Gasteiger partial charge in [0.2, 0.25) is 0 Å². The van der Waals surface area contributed by atoms with E-state index in [0.29, 0.717) is 0 Å². The molecular formula is C12H22F2O10. The predicted octanol–water partition coefficient (Wildman–Crippen LogP) is -4.65. The van der Waals surface area contributed by atoms with Gasteiger partial charge in [-0.05, 0) is 0 Å². The van der Waals surface area contributed by atoms with Crippen LogP contribution in [0, 0.1) is 0 Å². The van der Waals surface area contributed by atoms with E-state index in [2.05, 4.69) is 4.74 Å². The highest BCUT2D eigenvalue weighted by atomic mass is 19.1. The Morgan fingerprint density at radius 2 is 1.58 bits per heavy atom. The molecule has 1 aliphatic heterocycles. The monoisotopic (exact) mass is 364 g/mol. The van der Waals surface area contributed by atoms with E-state index in [1.807, 2.05) is 0 Å². The van der Waals surface area contributed by atoms with Gasteiger partial charge in [-0.1, -0.05) is 0 Å². The topological polar surface area (TPSA) is 188 Å². The van der Waals surface area contributed by atoms with Gasteiger partial charge < -0.3 is 50.4 Å². The van der Waals surface area contributed by atoms with Crippen LogP contribution in [0.1, 0.15) is 0 Å². The Morgan fingerprint density at radius 1 is 1.04 bits per heavy atom. The number of aliphatic hydroxyl groups excluding tert-OH is 8. The largest absolute Gasteiger partial charge is 0.394 e. The summed E-state index contributed by atoms with van der Waals surface area (Å²) in [6.45, 7) is -1.40. The zero-order valence-electron chi connectivity index (χ0n) is 12.3. The second-order valence-corrected chi connectivity index (χ2v) is 4.98. The number of carbonyl (C=O) groups is 1. The van der Waals surface area contributed by atoms with Crippen molar-refractivity contribution in [2.45, 2.75) is 55.3 Å². The van der Waals surface area contributed by atoms with Gasteiger partial charge in [-0.3, -0.25) is 0 Å². The molecule has 24 heavy (non-hydrogen) atoms. The summed E-state index contributed by atoms with van der Waals surface area (Å²) < 4.78 is 29.4. The van der Waals surface area contributed by atoms with Crippen molar-refractivity contribution in [2.24, 2.45) is 0 Å². The second kappa shape index (κ2) is 10.9. The highest BCUT2D eigenvalue weighted by Gasteiger charge is 2.43. The quantitative estimate of drug-likeness (QED) is 0.213. The molecule has 0 radical (unpaired) electrons. The van der Waals surface area contributed by atoms with Crippen LogP contribution in [-0.4, -0.2) is 116 Å². The van der Waals surface area contributed by atoms with Crippen LogP contribution in [0.3, 0.4) is 0 Å². The maximum Gasteiger partial charge on any atom is 0.189 e. The SMILES string of the molecule is O=C[C@H](F)[C@@H](O)[C@@H](O)[C@H](O)CO.OC[C@H]1OC(O)[C@H](F)[C@@H](O)[C@H]1O. The highest BCUT2D eigenvalue weighted by Crippen LogP contribution is 2.21. The molecule has 0 aromatic carbocycles. The van der Waals surface area contributed by atoms with E-state index in [4.69, 9.17) is 40.9 Å². The molecule has 12 heteroatoms. The lowest BCUT2D eigenvalue weighted by Gasteiger charge is -2.36. The molecule has 0 amide bonds. The number of halogens is 2. The highest BCUT2D eigenvalue weighted by molar-refractivity contribution is 5.56. The minimum Gasteiger partial charge on any atom is -0.394 e. The summed E-state index contributed by atoms with van der Waals surface area (Å²) in [5.74, 6) is 0. The zero-order valence-corrected chi connectivity index (χ0v) is 12.3. The van der Waals surface area contributed by atoms with Gasteiger partial charge in [0.25, 0.3) is 0 Å². The first-order chi connectivity index (χ1) is 11.1. The lowest BCUT2D eigenvalue weighted by Crippen LogP contribution is -2.56. The lowest BCUT2D eigenvalue weighted by molar-refractivity contribution is -0.271. The van der Waals surface area contributed by atoms with Gasteiger partial charge in [-0.2, -0.15) is 0 Å². The van der Waals surface area contributed by atoms with Gasteiger partial charge in [0.1, 0.15) is 36.6 Å². The van der Waals surface area contributed by atoms with Crippen LogP contribution >= 0.6 is 0 Å². The molecule has 0 spiro atoms. The average molecular weight is 364 g/mol. The Kier molecular flexibility index (Phi) is 10.5. The molecule has 9 atom stereocenters. The average Bonchev–Trinajstić information content (AvgIpc) is 2.60. The molecule has 0 bridgehead atoms. The fraction of sp³-hybridized carbons (Fsp3) is 0.917. The first-order valence-electron chi connectivity index (χ1n) is 6.81. The van der Waals surface area contributed by atoms with Crippen molar-refractivity contribution in [3.05, 3.63) is 0 Å². The maximum absolute atomic E-state index is 12.7. The predicted molar refractivity (Wildman–Crippen MR) is 70.9 cm³/mol. The first kappa shape index (κ1) is 23.2. The van der Waals surface area contributed by atoms with E-state index >= 15 is 0 Å². The number of aliphatic hydroxyl groups is 8. The summed E-state index contributed by atoms with van der Waals surface area (Å²) in [4.78, 5) is 9.77. The van der Waals surface area contributed by atoms with E-state index in [1.165, 1.54) is 0 Å². The van der Waals surface area contributed by atoms with Crippen molar-refractivity contribution in [1.29, 1.82) is 0 Å². The number of alkyl halides is 2. The van der Waals surface area contributed by atoms with Crippen molar-refractivity contribution in [3.63, 3.8) is 0 Å². The Bertz CT molecular complexity index is 358. The minimum absolute atomic E-state index is 0.196. The molecule has 1 aliphatic rings. The summed E-state index contributed by atoms with van der Waals surface area (Å²) >= 11 is 0. The Balaban J connectivity index is 0.000000441. The molecule has 0 aliphatic carbocycles. The van der Waals surface area contributed by atoms with Gasteiger partial charge in [0, 0.05) is 0 Å². The number of ether oxygens (including phenoxy) is 1. The van der Waals surface area contributed by atoms with Crippen LogP contribution in [0.5, 0.6) is 0 Å². The Morgan fingerprint density at radius 3 is 2.00 bits per heavy atom. The molecule has 0 aromatic heterocycles. The van der Waals surface area contributed by atoms with Crippen molar-refractivity contribution in [2.75, 3.05) is 13.2 Å². The van der Waals surface area contributed by atoms with E-state index in [1.54, 1.807) is 0 Å². The number of hydrogen-bond acceptors (Lipinski definition) is 10. The number of aldehydes is 1. The van der Waals surface area contributed by atoms with E-state index in [9.17, 15) is 13.6 Å². The zero-order chi connectivity index (χ0) is 19.0. The summed E-state index contributed by atoms with van der Waals surface area (Å²) in [6, 6.07) is 0. The number of hydrogen-bond donors (Lipinski definition) is 8. The van der Waals surface area contributed by atoms with Gasteiger partial charge in [0.05, 0.1) is 13.2 Å². The molecule has 1 fully saturated rings. The normalized spacial score (nSPS) is 35.2. The summed E-state index contributed by atoms with van der Waals surface area (Å²) in [5, 5.41) is 69.9. The fourth-order valence-electron chi connectivity index (χ4n) is 1.67. The van der Waals surface area contributed by atoms with E-state index in [-0.39, 0.29) is 6.29 Å². The smallest absolute Gasteiger partial charge is 0.189 e. The molecule has 8 N–H and O–H groups in total. The first-order valence-corrected chi connectivity index (χ1v) is 6.81. The Labute approximate surface area is 135 Å². The molecule has 144 valence electrons. The standard InChI is InChI=1S/2C6H11FO5/c7-3-5(10)4(9)2(1-8)12-6(3)11;7-3(1-8)5(11)6(12)4(10)2-9/h2-6,8-11H,1H2;1,3-6,9-12H,2H2/t2-,3-,4+,5-,6?;3-,4+,5+,6-/m10/s1. The number of carbonyl (C=O) groups excluding carboxylic acids is 1. The van der Waals surface area contributed by atoms with E-state index < -0.39 is 68.5 Å². The third-order valence-corrected chi connectivity index (χ3v) is 3.21. The van der Waals surface area contributed by atoms with Crippen molar-refractivity contribution in [1.82, 2.24) is 0 Å². The van der Waals surface area contributed by atoms with Crippen LogP contribution in [0.4, 0.5) is 8.78 Å². The minimum atomic E-state index is -2.26. The molecule has 10 nitrogen and oxygen atoms in total. The summed E-state index contributed by atoms with van der Waals surface area (Å²) in [7, 11) is 0. The molecule has 1 rings (SSSR count).